The van der Waals surface area contributed by atoms with E-state index in [2.05, 4.69) is 5.10 Å². The van der Waals surface area contributed by atoms with E-state index in [1.165, 1.54) is 4.68 Å². The summed E-state index contributed by atoms with van der Waals surface area (Å²) in [4.78, 5) is 44.9. The number of benzene rings is 2. The minimum absolute atomic E-state index is 0.0825. The Hall–Kier alpha value is -4.08. The summed E-state index contributed by atoms with van der Waals surface area (Å²) in [5.41, 5.74) is 0.746. The predicted octanol–water partition coefficient (Wildman–Crippen LogP) is 6.97. The predicted molar refractivity (Wildman–Crippen MR) is 181 cm³/mol. The van der Waals surface area contributed by atoms with Crippen molar-refractivity contribution in [1.82, 2.24) is 19.6 Å². The topological polar surface area (TPSA) is 103 Å². The Kier molecular flexibility index (Phi) is 9.89. The van der Waals surface area contributed by atoms with Gasteiger partial charge in [0.25, 0.3) is 0 Å². The second kappa shape index (κ2) is 13.6. The highest BCUT2D eigenvalue weighted by Gasteiger charge is 2.45. The summed E-state index contributed by atoms with van der Waals surface area (Å²) in [5.74, 6) is 0.800. The Morgan fingerprint density at radius 2 is 1.45 bits per heavy atom. The second-order valence-electron chi connectivity index (χ2n) is 15.0. The maximum Gasteiger partial charge on any atom is 0.435 e. The number of nitrogens with zero attached hydrogens (tertiary/aromatic N) is 4. The Balaban J connectivity index is 1.47. The minimum atomic E-state index is -0.657. The molecule has 254 valence electrons. The van der Waals surface area contributed by atoms with Gasteiger partial charge in [-0.05, 0) is 96.0 Å². The molecular formula is C37H50N4O6. The van der Waals surface area contributed by atoms with Crippen LogP contribution in [0.3, 0.4) is 0 Å². The standard InChI is InChI=1S/C37H50N4O6/c1-35(2,3)46-33(43)40-21-20-39(32(42)37(18-9-8-10-19-37)28-14-16-29(45-7)17-15-28)24-26(25-40)22-27-12-11-13-31-30(27)23-38-41(31)34(44)47-36(4,5)6/h11-17,23,26H,8-10,18-22,24-25H2,1-7H3. The van der Waals surface area contributed by atoms with Gasteiger partial charge in [0.1, 0.15) is 17.0 Å². The lowest BCUT2D eigenvalue weighted by Gasteiger charge is -2.40. The van der Waals surface area contributed by atoms with Crippen molar-refractivity contribution >= 4 is 29.0 Å². The normalized spacial score (nSPS) is 18.8. The van der Waals surface area contributed by atoms with Gasteiger partial charge in [-0.1, -0.05) is 43.5 Å². The van der Waals surface area contributed by atoms with Crippen molar-refractivity contribution in [1.29, 1.82) is 0 Å². The van der Waals surface area contributed by atoms with E-state index in [0.29, 0.717) is 38.1 Å². The highest BCUT2D eigenvalue weighted by molar-refractivity contribution is 5.90. The lowest BCUT2D eigenvalue weighted by molar-refractivity contribution is -0.139. The average molecular weight is 647 g/mol. The van der Waals surface area contributed by atoms with Crippen LogP contribution in [0.1, 0.15) is 84.8 Å². The van der Waals surface area contributed by atoms with E-state index in [9.17, 15) is 14.4 Å². The lowest BCUT2D eigenvalue weighted by Crippen LogP contribution is -2.50. The molecule has 0 spiro atoms. The molecular weight excluding hydrogens is 596 g/mol. The molecule has 2 heterocycles. The molecule has 1 atom stereocenters. The highest BCUT2D eigenvalue weighted by Crippen LogP contribution is 2.42. The zero-order valence-corrected chi connectivity index (χ0v) is 29.0. The van der Waals surface area contributed by atoms with Gasteiger partial charge in [-0.3, -0.25) is 4.79 Å². The number of aromatic nitrogens is 2. The van der Waals surface area contributed by atoms with E-state index in [-0.39, 0.29) is 17.9 Å². The molecule has 2 amide bonds. The van der Waals surface area contributed by atoms with Crippen LogP contribution in [0.4, 0.5) is 9.59 Å². The fourth-order valence-corrected chi connectivity index (χ4v) is 6.96. The summed E-state index contributed by atoms with van der Waals surface area (Å²) in [6, 6.07) is 13.7. The van der Waals surface area contributed by atoms with Crippen LogP contribution in [0, 0.1) is 5.92 Å². The number of fused-ring (bicyclic) bond motifs is 1. The molecule has 10 heteroatoms. The molecule has 2 aromatic carbocycles. The van der Waals surface area contributed by atoms with Crippen LogP contribution in [-0.2, 0) is 26.1 Å². The van der Waals surface area contributed by atoms with E-state index in [1.807, 2.05) is 88.9 Å². The maximum atomic E-state index is 14.8. The van der Waals surface area contributed by atoms with Gasteiger partial charge in [-0.2, -0.15) is 9.78 Å². The molecule has 2 aliphatic rings. The quantitative estimate of drug-likeness (QED) is 0.295. The number of rotatable bonds is 5. The molecule has 1 aromatic heterocycles. The maximum absolute atomic E-state index is 14.8. The highest BCUT2D eigenvalue weighted by atomic mass is 16.6. The van der Waals surface area contributed by atoms with Crippen molar-refractivity contribution in [3.8, 4) is 5.75 Å². The van der Waals surface area contributed by atoms with Crippen LogP contribution < -0.4 is 4.74 Å². The number of carbonyl (C=O) groups is 3. The molecule has 1 saturated carbocycles. The summed E-state index contributed by atoms with van der Waals surface area (Å²) in [7, 11) is 1.65. The second-order valence-corrected chi connectivity index (χ2v) is 15.0. The van der Waals surface area contributed by atoms with Crippen LogP contribution in [-0.4, -0.2) is 82.2 Å². The molecule has 5 rings (SSSR count). The van der Waals surface area contributed by atoms with E-state index < -0.39 is 22.7 Å². The van der Waals surface area contributed by atoms with Crippen molar-refractivity contribution < 1.29 is 28.6 Å². The third-order valence-electron chi connectivity index (χ3n) is 9.07. The lowest BCUT2D eigenvalue weighted by atomic mass is 9.68. The third-order valence-corrected chi connectivity index (χ3v) is 9.07. The van der Waals surface area contributed by atoms with Gasteiger partial charge in [-0.15, -0.1) is 0 Å². The summed E-state index contributed by atoms with van der Waals surface area (Å²) in [6.45, 7) is 12.8. The minimum Gasteiger partial charge on any atom is -0.497 e. The molecule has 10 nitrogen and oxygen atoms in total. The van der Waals surface area contributed by atoms with Crippen molar-refractivity contribution in [3.05, 3.63) is 59.8 Å². The average Bonchev–Trinajstić information content (AvgIpc) is 3.35. The van der Waals surface area contributed by atoms with Crippen LogP contribution in [0.5, 0.6) is 5.75 Å². The van der Waals surface area contributed by atoms with Crippen molar-refractivity contribution in [2.45, 2.75) is 96.7 Å². The number of amides is 2. The number of ether oxygens (including phenoxy) is 3. The third kappa shape index (κ3) is 7.91. The first kappa shape index (κ1) is 34.3. The van der Waals surface area contributed by atoms with E-state index in [0.717, 1.165) is 54.4 Å². The fourth-order valence-electron chi connectivity index (χ4n) is 6.96. The van der Waals surface area contributed by atoms with Gasteiger partial charge in [0, 0.05) is 31.6 Å². The van der Waals surface area contributed by atoms with Crippen molar-refractivity contribution in [3.63, 3.8) is 0 Å². The number of hydrogen-bond acceptors (Lipinski definition) is 7. The molecule has 1 saturated heterocycles. The van der Waals surface area contributed by atoms with E-state index in [4.69, 9.17) is 14.2 Å². The molecule has 2 fully saturated rings. The monoisotopic (exact) mass is 646 g/mol. The Labute approximate surface area is 278 Å². The van der Waals surface area contributed by atoms with E-state index in [1.54, 1.807) is 18.2 Å². The zero-order chi connectivity index (χ0) is 34.0. The van der Waals surface area contributed by atoms with Gasteiger partial charge in [0.2, 0.25) is 5.91 Å². The summed E-state index contributed by atoms with van der Waals surface area (Å²) < 4.78 is 18.1. The SMILES string of the molecule is COc1ccc(C2(C(=O)N3CCN(C(=O)OC(C)(C)C)CC(Cc4cccc5c4cnn5C(=O)OC(C)(C)C)C3)CCCCC2)cc1. The molecule has 0 radical (unpaired) electrons. The van der Waals surface area contributed by atoms with Gasteiger partial charge in [0.05, 0.1) is 24.2 Å². The fraction of sp³-hybridized carbons (Fsp3) is 0.568. The number of carbonyl (C=O) groups excluding carboxylic acids is 3. The molecule has 1 unspecified atom stereocenters. The van der Waals surface area contributed by atoms with Gasteiger partial charge in [0.15, 0.2) is 0 Å². The van der Waals surface area contributed by atoms with Crippen molar-refractivity contribution in [2.75, 3.05) is 33.3 Å². The van der Waals surface area contributed by atoms with Gasteiger partial charge >= 0.3 is 12.2 Å². The largest absolute Gasteiger partial charge is 0.497 e. The van der Waals surface area contributed by atoms with Crippen molar-refractivity contribution in [2.24, 2.45) is 5.92 Å². The summed E-state index contributed by atoms with van der Waals surface area (Å²) in [5, 5.41) is 5.22. The number of hydrogen-bond donors (Lipinski definition) is 0. The Morgan fingerprint density at radius 1 is 0.830 bits per heavy atom. The molecule has 47 heavy (non-hydrogen) atoms. The smallest absolute Gasteiger partial charge is 0.435 e. The molecule has 1 aliphatic heterocycles. The first-order valence-corrected chi connectivity index (χ1v) is 16.8. The molecule has 0 bridgehead atoms. The summed E-state index contributed by atoms with van der Waals surface area (Å²) in [6.07, 6.45) is 6.03. The van der Waals surface area contributed by atoms with E-state index >= 15 is 0 Å². The first-order valence-electron chi connectivity index (χ1n) is 16.8. The number of methoxy groups -OCH3 is 1. The van der Waals surface area contributed by atoms with Gasteiger partial charge < -0.3 is 24.0 Å². The van der Waals surface area contributed by atoms with Crippen LogP contribution >= 0.6 is 0 Å². The zero-order valence-electron chi connectivity index (χ0n) is 29.0. The Morgan fingerprint density at radius 3 is 2.09 bits per heavy atom. The first-order chi connectivity index (χ1) is 22.2. The van der Waals surface area contributed by atoms with Crippen LogP contribution in [0.2, 0.25) is 0 Å². The molecule has 1 aliphatic carbocycles. The van der Waals surface area contributed by atoms with Crippen LogP contribution in [0.25, 0.3) is 10.9 Å². The van der Waals surface area contributed by atoms with Crippen LogP contribution in [0.15, 0.2) is 48.7 Å². The summed E-state index contributed by atoms with van der Waals surface area (Å²) >= 11 is 0. The molecule has 0 N–H and O–H groups in total. The molecule has 3 aromatic rings. The van der Waals surface area contributed by atoms with Gasteiger partial charge in [-0.25, -0.2) is 9.59 Å². The Bertz CT molecular complexity index is 1580.